The third-order valence-corrected chi connectivity index (χ3v) is 10.6. The molecule has 0 radical (unpaired) electrons. The van der Waals surface area contributed by atoms with Gasteiger partial charge >= 0.3 is 0 Å². The van der Waals surface area contributed by atoms with Crippen LogP contribution >= 0.6 is 0 Å². The van der Waals surface area contributed by atoms with E-state index in [2.05, 4.69) is 81.5 Å². The lowest BCUT2D eigenvalue weighted by Gasteiger charge is -2.32. The molecule has 2 aliphatic carbocycles. The SMILES string of the molecule is CCOCC1=CC([Si](C)(C)C2=C(COCC)c3ccccc3C2)c2ccccc21. The fourth-order valence-electron chi connectivity index (χ4n) is 4.98. The highest BCUT2D eigenvalue weighted by Crippen LogP contribution is 2.48. The van der Waals surface area contributed by atoms with Gasteiger partial charge in [0, 0.05) is 18.8 Å². The Morgan fingerprint density at radius 2 is 1.52 bits per heavy atom. The topological polar surface area (TPSA) is 18.5 Å². The Morgan fingerprint density at radius 3 is 2.28 bits per heavy atom. The normalized spacial score (nSPS) is 18.1. The van der Waals surface area contributed by atoms with Crippen LogP contribution in [0.15, 0.2) is 59.8 Å². The molecule has 2 nitrogen and oxygen atoms in total. The van der Waals surface area contributed by atoms with Crippen LogP contribution in [0.3, 0.4) is 0 Å². The zero-order chi connectivity index (χ0) is 20.4. The first-order valence-electron chi connectivity index (χ1n) is 10.8. The number of allylic oxidation sites excluding steroid dienone is 2. The van der Waals surface area contributed by atoms with Gasteiger partial charge in [-0.05, 0) is 53.7 Å². The van der Waals surface area contributed by atoms with E-state index >= 15 is 0 Å². The van der Waals surface area contributed by atoms with Crippen molar-refractivity contribution in [3.8, 4) is 0 Å². The Labute approximate surface area is 176 Å². The number of hydrogen-bond donors (Lipinski definition) is 0. The van der Waals surface area contributed by atoms with Gasteiger partial charge in [0.05, 0.1) is 21.3 Å². The maximum absolute atomic E-state index is 5.93. The smallest absolute Gasteiger partial charge is 0.0878 e. The zero-order valence-corrected chi connectivity index (χ0v) is 19.1. The van der Waals surface area contributed by atoms with Crippen LogP contribution < -0.4 is 0 Å². The van der Waals surface area contributed by atoms with Crippen molar-refractivity contribution in [1.82, 2.24) is 0 Å². The largest absolute Gasteiger partial charge is 0.377 e. The summed E-state index contributed by atoms with van der Waals surface area (Å²) in [6, 6.07) is 17.8. The molecule has 0 heterocycles. The van der Waals surface area contributed by atoms with Crippen LogP contribution in [0.25, 0.3) is 11.1 Å². The molecule has 0 spiro atoms. The summed E-state index contributed by atoms with van der Waals surface area (Å²) in [5.41, 5.74) is 9.02. The van der Waals surface area contributed by atoms with Gasteiger partial charge in [0.1, 0.15) is 0 Å². The van der Waals surface area contributed by atoms with Crippen LogP contribution in [0.2, 0.25) is 13.1 Å². The van der Waals surface area contributed by atoms with E-state index in [0.717, 1.165) is 26.2 Å². The van der Waals surface area contributed by atoms with Gasteiger partial charge in [0.15, 0.2) is 0 Å². The van der Waals surface area contributed by atoms with Crippen molar-refractivity contribution in [2.24, 2.45) is 0 Å². The molecule has 0 aromatic heterocycles. The molecule has 29 heavy (non-hydrogen) atoms. The van der Waals surface area contributed by atoms with Crippen LogP contribution in [0.4, 0.5) is 0 Å². The summed E-state index contributed by atoms with van der Waals surface area (Å²) in [5, 5.41) is 1.65. The van der Waals surface area contributed by atoms with Gasteiger partial charge in [0.25, 0.3) is 0 Å². The van der Waals surface area contributed by atoms with Crippen molar-refractivity contribution in [1.29, 1.82) is 0 Å². The van der Waals surface area contributed by atoms with Crippen molar-refractivity contribution in [2.45, 2.75) is 38.9 Å². The van der Waals surface area contributed by atoms with Crippen LogP contribution in [0.5, 0.6) is 0 Å². The second-order valence-corrected chi connectivity index (χ2v) is 13.2. The van der Waals surface area contributed by atoms with Gasteiger partial charge in [-0.25, -0.2) is 0 Å². The molecule has 4 rings (SSSR count). The molecule has 3 heteroatoms. The summed E-state index contributed by atoms with van der Waals surface area (Å²) in [5.74, 6) is 0. The Balaban J connectivity index is 1.76. The first-order valence-corrected chi connectivity index (χ1v) is 13.9. The summed E-state index contributed by atoms with van der Waals surface area (Å²) in [7, 11) is -1.81. The predicted molar refractivity (Wildman–Crippen MR) is 125 cm³/mol. The Bertz CT molecular complexity index is 955. The van der Waals surface area contributed by atoms with Crippen molar-refractivity contribution >= 4 is 19.2 Å². The minimum absolute atomic E-state index is 0.482. The molecular formula is C26H32O2Si. The number of fused-ring (bicyclic) bond motifs is 2. The Morgan fingerprint density at radius 1 is 0.862 bits per heavy atom. The Hall–Kier alpha value is -1.94. The van der Waals surface area contributed by atoms with Crippen LogP contribution in [-0.2, 0) is 15.9 Å². The number of benzene rings is 2. The van der Waals surface area contributed by atoms with E-state index < -0.39 is 8.07 Å². The molecule has 1 unspecified atom stereocenters. The Kier molecular flexibility index (Phi) is 5.91. The highest BCUT2D eigenvalue weighted by molar-refractivity contribution is 6.87. The molecule has 0 bridgehead atoms. The monoisotopic (exact) mass is 404 g/mol. The number of hydrogen-bond acceptors (Lipinski definition) is 2. The van der Waals surface area contributed by atoms with Gasteiger partial charge in [0.2, 0.25) is 0 Å². The van der Waals surface area contributed by atoms with E-state index in [-0.39, 0.29) is 0 Å². The fourth-order valence-corrected chi connectivity index (χ4v) is 8.63. The molecule has 0 saturated carbocycles. The van der Waals surface area contributed by atoms with E-state index in [9.17, 15) is 0 Å². The second-order valence-electron chi connectivity index (χ2n) is 8.54. The molecule has 0 N–H and O–H groups in total. The quantitative estimate of drug-likeness (QED) is 0.500. The molecule has 1 atom stereocenters. The average Bonchev–Trinajstić information content (AvgIpc) is 3.30. The molecule has 0 saturated heterocycles. The summed E-state index contributed by atoms with van der Waals surface area (Å²) in [4.78, 5) is 0. The summed E-state index contributed by atoms with van der Waals surface area (Å²) >= 11 is 0. The highest BCUT2D eigenvalue weighted by Gasteiger charge is 2.42. The molecule has 0 aliphatic heterocycles. The molecule has 2 aliphatic rings. The second kappa shape index (κ2) is 8.43. The predicted octanol–water partition coefficient (Wildman–Crippen LogP) is 6.04. The third-order valence-electron chi connectivity index (χ3n) is 6.55. The summed E-state index contributed by atoms with van der Waals surface area (Å²) < 4.78 is 11.7. The summed E-state index contributed by atoms with van der Waals surface area (Å²) in [6.45, 7) is 12.2. The lowest BCUT2D eigenvalue weighted by Crippen LogP contribution is -2.37. The minimum atomic E-state index is -1.81. The minimum Gasteiger partial charge on any atom is -0.377 e. The number of rotatable bonds is 8. The maximum Gasteiger partial charge on any atom is 0.0878 e. The third kappa shape index (κ3) is 3.68. The van der Waals surface area contributed by atoms with E-state index in [0.29, 0.717) is 12.1 Å². The molecular weight excluding hydrogens is 372 g/mol. The van der Waals surface area contributed by atoms with Gasteiger partial charge in [-0.2, -0.15) is 0 Å². The van der Waals surface area contributed by atoms with Crippen molar-refractivity contribution < 1.29 is 9.47 Å². The molecule has 2 aromatic carbocycles. The van der Waals surface area contributed by atoms with Gasteiger partial charge in [-0.1, -0.05) is 72.9 Å². The highest BCUT2D eigenvalue weighted by atomic mass is 28.3. The number of ether oxygens (including phenoxy) is 2. The van der Waals surface area contributed by atoms with Crippen LogP contribution in [-0.4, -0.2) is 34.5 Å². The summed E-state index contributed by atoms with van der Waals surface area (Å²) in [6.07, 6.45) is 3.59. The van der Waals surface area contributed by atoms with Crippen molar-refractivity contribution in [3.05, 3.63) is 82.1 Å². The van der Waals surface area contributed by atoms with E-state index in [1.807, 2.05) is 0 Å². The van der Waals surface area contributed by atoms with Gasteiger partial charge in [-0.15, -0.1) is 0 Å². The first-order chi connectivity index (χ1) is 14.1. The van der Waals surface area contributed by atoms with Gasteiger partial charge < -0.3 is 9.47 Å². The van der Waals surface area contributed by atoms with E-state index in [1.165, 1.54) is 33.4 Å². The van der Waals surface area contributed by atoms with E-state index in [1.54, 1.807) is 5.20 Å². The van der Waals surface area contributed by atoms with Crippen molar-refractivity contribution in [2.75, 3.05) is 26.4 Å². The lowest BCUT2D eigenvalue weighted by atomic mass is 10.1. The molecule has 152 valence electrons. The van der Waals surface area contributed by atoms with Crippen LogP contribution in [0, 0.1) is 0 Å². The van der Waals surface area contributed by atoms with E-state index in [4.69, 9.17) is 9.47 Å². The van der Waals surface area contributed by atoms with Gasteiger partial charge in [-0.3, -0.25) is 0 Å². The van der Waals surface area contributed by atoms with Crippen molar-refractivity contribution in [3.63, 3.8) is 0 Å². The molecule has 2 aromatic rings. The first kappa shape index (κ1) is 20.3. The average molecular weight is 405 g/mol. The zero-order valence-electron chi connectivity index (χ0n) is 18.1. The lowest BCUT2D eigenvalue weighted by molar-refractivity contribution is 0.182. The molecule has 0 fully saturated rings. The standard InChI is InChI=1S/C26H32O2Si/c1-5-27-17-20-16-25(23-14-10-9-13-22(20)23)29(3,4)26-15-19-11-7-8-12-21(19)24(26)18-28-6-2/h7-14,16,25H,5-6,15,17-18H2,1-4H3. The maximum atomic E-state index is 5.93. The molecule has 0 amide bonds. The fraction of sp³-hybridized carbons (Fsp3) is 0.385. The van der Waals surface area contributed by atoms with Crippen LogP contribution in [0.1, 0.15) is 41.6 Å².